The van der Waals surface area contributed by atoms with Crippen LogP contribution in [0.15, 0.2) is 11.5 Å². The molecule has 0 saturated heterocycles. The molecule has 0 aliphatic rings. The first-order valence-corrected chi connectivity index (χ1v) is 2.93. The maximum absolute atomic E-state index is 4.71. The van der Waals surface area contributed by atoms with Crippen LogP contribution in [0.5, 0.6) is 0 Å². The molecule has 42 valence electrons. The van der Waals surface area contributed by atoms with Crippen molar-refractivity contribution in [1.82, 2.24) is 0 Å². The van der Waals surface area contributed by atoms with Gasteiger partial charge in [-0.25, -0.2) is 0 Å². The monoisotopic (exact) mass is 118 g/mol. The van der Waals surface area contributed by atoms with Crippen LogP contribution in [0, 0.1) is 0 Å². The van der Waals surface area contributed by atoms with Gasteiger partial charge in [0.1, 0.15) is 0 Å². The Labute approximate surface area is 49.0 Å². The molecule has 0 fully saturated rings. The average molecular weight is 118 g/mol. The molecule has 0 saturated carbocycles. The van der Waals surface area contributed by atoms with E-state index < -0.39 is 0 Å². The van der Waals surface area contributed by atoms with E-state index in [9.17, 15) is 0 Å². The lowest BCUT2D eigenvalue weighted by atomic mass is 10.5. The van der Waals surface area contributed by atoms with Crippen LogP contribution in [0.1, 0.15) is 13.3 Å². The van der Waals surface area contributed by atoms with E-state index in [2.05, 4.69) is 6.58 Å². The number of allylic oxidation sites excluding steroid dienone is 1. The minimum absolute atomic E-state index is 0.985. The lowest BCUT2D eigenvalue weighted by molar-refractivity contribution is 0.492. The molecule has 0 amide bonds. The molecule has 0 bridgehead atoms. The molecule has 0 aromatic rings. The van der Waals surface area contributed by atoms with Crippen LogP contribution in [-0.2, 0) is 4.18 Å². The molecule has 0 N–H and O–H groups in total. The normalized spacial score (nSPS) is 8.86. The SMILES string of the molecule is C=C(CC)SOC. The molecule has 0 heterocycles. The zero-order valence-electron chi connectivity index (χ0n) is 4.73. The molecule has 0 aliphatic heterocycles. The zero-order chi connectivity index (χ0) is 5.70. The lowest BCUT2D eigenvalue weighted by Gasteiger charge is -1.93. The fourth-order valence-corrected chi connectivity index (χ4v) is 0.530. The van der Waals surface area contributed by atoms with Crippen molar-refractivity contribution in [2.75, 3.05) is 7.11 Å². The van der Waals surface area contributed by atoms with Crippen LogP contribution in [0.3, 0.4) is 0 Å². The van der Waals surface area contributed by atoms with Crippen molar-refractivity contribution < 1.29 is 4.18 Å². The standard InChI is InChI=1S/C5H10OS/c1-4-5(2)7-6-3/h2,4H2,1,3H3. The molecule has 0 rings (SSSR count). The zero-order valence-corrected chi connectivity index (χ0v) is 5.55. The van der Waals surface area contributed by atoms with Gasteiger partial charge in [0, 0.05) is 16.9 Å². The Morgan fingerprint density at radius 1 is 1.86 bits per heavy atom. The summed E-state index contributed by atoms with van der Waals surface area (Å²) in [6.07, 6.45) is 0.985. The van der Waals surface area contributed by atoms with Gasteiger partial charge in [0.15, 0.2) is 0 Å². The molecule has 0 spiro atoms. The Morgan fingerprint density at radius 3 is 2.57 bits per heavy atom. The van der Waals surface area contributed by atoms with Gasteiger partial charge in [0.05, 0.1) is 7.11 Å². The molecule has 0 atom stereocenters. The highest BCUT2D eigenvalue weighted by Gasteiger charge is 1.85. The second-order valence-electron chi connectivity index (χ2n) is 1.14. The highest BCUT2D eigenvalue weighted by Crippen LogP contribution is 2.15. The van der Waals surface area contributed by atoms with Crippen molar-refractivity contribution in [3.05, 3.63) is 11.5 Å². The summed E-state index contributed by atoms with van der Waals surface area (Å²) < 4.78 is 4.71. The topological polar surface area (TPSA) is 9.23 Å². The second kappa shape index (κ2) is 4.22. The molecule has 0 radical (unpaired) electrons. The molecule has 0 aliphatic carbocycles. The van der Waals surface area contributed by atoms with E-state index in [0.29, 0.717) is 0 Å². The molecule has 0 aromatic carbocycles. The highest BCUT2D eigenvalue weighted by atomic mass is 32.2. The number of hydrogen-bond donors (Lipinski definition) is 0. The van der Waals surface area contributed by atoms with Crippen molar-refractivity contribution in [2.24, 2.45) is 0 Å². The lowest BCUT2D eigenvalue weighted by Crippen LogP contribution is -1.68. The Morgan fingerprint density at radius 2 is 2.43 bits per heavy atom. The van der Waals surface area contributed by atoms with Crippen LogP contribution >= 0.6 is 12.0 Å². The first kappa shape index (κ1) is 7.05. The third-order valence-corrected chi connectivity index (χ3v) is 1.29. The summed E-state index contributed by atoms with van der Waals surface area (Å²) in [5, 5.41) is 0. The molecule has 0 unspecified atom stereocenters. The molecule has 2 heteroatoms. The Bertz CT molecular complexity index is 61.1. The third kappa shape index (κ3) is 3.89. The van der Waals surface area contributed by atoms with E-state index in [1.807, 2.05) is 6.92 Å². The van der Waals surface area contributed by atoms with Crippen molar-refractivity contribution >= 4 is 12.0 Å². The Balaban J connectivity index is 3.00. The van der Waals surface area contributed by atoms with E-state index in [0.717, 1.165) is 11.3 Å². The minimum Gasteiger partial charge on any atom is -0.314 e. The van der Waals surface area contributed by atoms with Crippen molar-refractivity contribution in [3.63, 3.8) is 0 Å². The van der Waals surface area contributed by atoms with Crippen LogP contribution < -0.4 is 0 Å². The predicted molar refractivity (Wildman–Crippen MR) is 34.0 cm³/mol. The van der Waals surface area contributed by atoms with Crippen molar-refractivity contribution in [1.29, 1.82) is 0 Å². The minimum atomic E-state index is 0.985. The van der Waals surface area contributed by atoms with E-state index in [-0.39, 0.29) is 0 Å². The van der Waals surface area contributed by atoms with Gasteiger partial charge in [0.25, 0.3) is 0 Å². The summed E-state index contributed by atoms with van der Waals surface area (Å²) in [5.41, 5.74) is 0. The van der Waals surface area contributed by atoms with Gasteiger partial charge >= 0.3 is 0 Å². The van der Waals surface area contributed by atoms with Gasteiger partial charge in [-0.2, -0.15) is 0 Å². The van der Waals surface area contributed by atoms with Gasteiger partial charge in [-0.3, -0.25) is 0 Å². The summed E-state index contributed by atoms with van der Waals surface area (Å²) in [6, 6.07) is 0. The maximum Gasteiger partial charge on any atom is 0.0508 e. The van der Waals surface area contributed by atoms with E-state index in [1.54, 1.807) is 7.11 Å². The molecule has 7 heavy (non-hydrogen) atoms. The quantitative estimate of drug-likeness (QED) is 0.525. The fourth-order valence-electron chi connectivity index (χ4n) is 0.177. The molecular weight excluding hydrogens is 108 g/mol. The first-order chi connectivity index (χ1) is 3.31. The number of rotatable bonds is 3. The van der Waals surface area contributed by atoms with Gasteiger partial charge in [0.2, 0.25) is 0 Å². The van der Waals surface area contributed by atoms with E-state index in [4.69, 9.17) is 4.18 Å². The largest absolute Gasteiger partial charge is 0.314 e. The Hall–Kier alpha value is 0.0500. The van der Waals surface area contributed by atoms with Crippen LogP contribution in [0.2, 0.25) is 0 Å². The van der Waals surface area contributed by atoms with Gasteiger partial charge in [-0.05, 0) is 6.42 Å². The van der Waals surface area contributed by atoms with E-state index >= 15 is 0 Å². The van der Waals surface area contributed by atoms with Gasteiger partial charge in [-0.15, -0.1) is 0 Å². The third-order valence-electron chi connectivity index (χ3n) is 0.596. The highest BCUT2D eigenvalue weighted by molar-refractivity contribution is 7.98. The summed E-state index contributed by atoms with van der Waals surface area (Å²) in [4.78, 5) is 1.07. The van der Waals surface area contributed by atoms with Crippen LogP contribution in [0.4, 0.5) is 0 Å². The predicted octanol–water partition coefficient (Wildman–Crippen LogP) is 2.20. The summed E-state index contributed by atoms with van der Waals surface area (Å²) in [5.74, 6) is 0. The van der Waals surface area contributed by atoms with Crippen molar-refractivity contribution in [3.8, 4) is 0 Å². The average Bonchev–Trinajstić information content (AvgIpc) is 1.68. The van der Waals surface area contributed by atoms with Crippen molar-refractivity contribution in [2.45, 2.75) is 13.3 Å². The van der Waals surface area contributed by atoms with E-state index in [1.165, 1.54) is 12.0 Å². The first-order valence-electron chi connectivity index (χ1n) is 2.19. The van der Waals surface area contributed by atoms with Crippen LogP contribution in [0.25, 0.3) is 0 Å². The van der Waals surface area contributed by atoms with Crippen LogP contribution in [-0.4, -0.2) is 7.11 Å². The maximum atomic E-state index is 4.71. The second-order valence-corrected chi connectivity index (χ2v) is 2.22. The Kier molecular flexibility index (Phi) is 4.25. The molecule has 1 nitrogen and oxygen atoms in total. The molecule has 0 aromatic heterocycles. The summed E-state index contributed by atoms with van der Waals surface area (Å²) >= 11 is 1.34. The fraction of sp³-hybridized carbons (Fsp3) is 0.600. The molecular formula is C5H10OS. The van der Waals surface area contributed by atoms with Gasteiger partial charge in [-0.1, -0.05) is 13.5 Å². The number of hydrogen-bond acceptors (Lipinski definition) is 2. The summed E-state index contributed by atoms with van der Waals surface area (Å²) in [6.45, 7) is 5.75. The smallest absolute Gasteiger partial charge is 0.0508 e. The summed E-state index contributed by atoms with van der Waals surface area (Å²) in [7, 11) is 1.64. The van der Waals surface area contributed by atoms with Gasteiger partial charge < -0.3 is 4.18 Å².